The zero-order valence-electron chi connectivity index (χ0n) is 34.7. The van der Waals surface area contributed by atoms with Gasteiger partial charge in [0.1, 0.15) is 0 Å². The summed E-state index contributed by atoms with van der Waals surface area (Å²) in [6.07, 6.45) is 32.7. The first-order chi connectivity index (χ1) is 21.0. The van der Waals surface area contributed by atoms with Gasteiger partial charge in [-0.2, -0.15) is 0 Å². The molecule has 0 radical (unpaired) electrons. The fraction of sp³-hybridized carbons (Fsp3) is 1.00. The Labute approximate surface area is 292 Å². The molecule has 0 aromatic heterocycles. The molecule has 8 fully saturated rings. The molecule has 0 amide bonds. The molecule has 8 aliphatic rings. The Balaban J connectivity index is 0.000000167. The highest BCUT2D eigenvalue weighted by atomic mass is 14.5. The molecular formula is C46H88. The van der Waals surface area contributed by atoms with Gasteiger partial charge in [-0.25, -0.2) is 0 Å². The molecule has 0 aliphatic heterocycles. The summed E-state index contributed by atoms with van der Waals surface area (Å²) in [6.45, 7) is 33.9. The average Bonchev–Trinajstić information content (AvgIpc) is 2.99. The Kier molecular flexibility index (Phi) is 13.3. The Morgan fingerprint density at radius 3 is 0.652 bits per heavy atom. The second-order valence-corrected chi connectivity index (χ2v) is 22.8. The summed E-state index contributed by atoms with van der Waals surface area (Å²) in [5, 5.41) is 0. The third-order valence-electron chi connectivity index (χ3n) is 16.9. The molecule has 0 aromatic rings. The molecule has 46 heavy (non-hydrogen) atoms. The Morgan fingerprint density at radius 2 is 0.522 bits per heavy atom. The summed E-state index contributed by atoms with van der Waals surface area (Å²) >= 11 is 0. The first-order valence-electron chi connectivity index (χ1n) is 21.0. The largest absolute Gasteiger partial charge is 0.0597 e. The van der Waals surface area contributed by atoms with Crippen molar-refractivity contribution in [2.24, 2.45) is 55.2 Å². The van der Waals surface area contributed by atoms with Crippen LogP contribution < -0.4 is 0 Å². The highest BCUT2D eigenvalue weighted by molar-refractivity contribution is 4.99. The first-order valence-corrected chi connectivity index (χ1v) is 21.0. The van der Waals surface area contributed by atoms with Gasteiger partial charge in [-0.1, -0.05) is 135 Å². The van der Waals surface area contributed by atoms with Crippen LogP contribution in [0.5, 0.6) is 0 Å². The average molecular weight is 641 g/mol. The van der Waals surface area contributed by atoms with E-state index in [0.717, 1.165) is 22.7 Å². The number of hydrogen-bond acceptors (Lipinski definition) is 0. The minimum atomic E-state index is 0.507. The second-order valence-electron chi connectivity index (χ2n) is 22.8. The van der Waals surface area contributed by atoms with E-state index in [2.05, 4.69) is 96.9 Å². The summed E-state index contributed by atoms with van der Waals surface area (Å²) in [5.74, 6) is 2.21. The Bertz CT molecular complexity index is 772. The van der Waals surface area contributed by atoms with Gasteiger partial charge in [0.25, 0.3) is 0 Å². The van der Waals surface area contributed by atoms with Crippen molar-refractivity contribution in [3.8, 4) is 0 Å². The van der Waals surface area contributed by atoms with Crippen LogP contribution in [-0.2, 0) is 0 Å². The van der Waals surface area contributed by atoms with Crippen molar-refractivity contribution in [3.63, 3.8) is 0 Å². The van der Waals surface area contributed by atoms with Crippen LogP contribution in [0.15, 0.2) is 0 Å². The first kappa shape index (κ1) is 40.4. The summed E-state index contributed by atoms with van der Waals surface area (Å²) in [4.78, 5) is 0. The molecule has 0 heteroatoms. The van der Waals surface area contributed by atoms with Crippen molar-refractivity contribution in [1.82, 2.24) is 0 Å². The van der Waals surface area contributed by atoms with Crippen LogP contribution in [0.1, 0.15) is 238 Å². The molecule has 0 atom stereocenters. The summed E-state index contributed by atoms with van der Waals surface area (Å²) in [6, 6.07) is 0. The van der Waals surface area contributed by atoms with E-state index in [1.807, 2.05) is 0 Å². The topological polar surface area (TPSA) is 0 Å². The van der Waals surface area contributed by atoms with E-state index in [1.165, 1.54) is 141 Å². The van der Waals surface area contributed by atoms with Crippen LogP contribution >= 0.6 is 0 Å². The van der Waals surface area contributed by atoms with Crippen LogP contribution in [-0.4, -0.2) is 0 Å². The van der Waals surface area contributed by atoms with Crippen LogP contribution in [0.4, 0.5) is 0 Å². The molecule has 0 saturated heterocycles. The van der Waals surface area contributed by atoms with Crippen LogP contribution in [0.2, 0.25) is 0 Å². The van der Waals surface area contributed by atoms with E-state index < -0.39 is 0 Å². The molecule has 8 rings (SSSR count). The zero-order valence-corrected chi connectivity index (χ0v) is 34.7. The minimum absolute atomic E-state index is 0.507. The quantitative estimate of drug-likeness (QED) is 0.247. The van der Waals surface area contributed by atoms with Gasteiger partial charge >= 0.3 is 0 Å². The molecule has 0 aromatic carbocycles. The number of fused-ring (bicyclic) bond motifs is 6. The van der Waals surface area contributed by atoms with Gasteiger partial charge in [-0.15, -0.1) is 0 Å². The van der Waals surface area contributed by atoms with E-state index in [9.17, 15) is 0 Å². The van der Waals surface area contributed by atoms with Crippen molar-refractivity contribution >= 4 is 0 Å². The van der Waals surface area contributed by atoms with Crippen molar-refractivity contribution in [1.29, 1.82) is 0 Å². The number of rotatable bonds is 0. The predicted molar refractivity (Wildman–Crippen MR) is 207 cm³/mol. The van der Waals surface area contributed by atoms with E-state index in [4.69, 9.17) is 0 Å². The Hall–Kier alpha value is 0. The normalized spacial score (nSPS) is 33.8. The molecule has 8 aliphatic carbocycles. The molecule has 0 spiro atoms. The highest BCUT2D eigenvalue weighted by Gasteiger charge is 2.48. The van der Waals surface area contributed by atoms with Crippen molar-refractivity contribution in [2.45, 2.75) is 238 Å². The smallest absolute Gasteiger partial charge is 0.0249 e. The fourth-order valence-corrected chi connectivity index (χ4v) is 10.9. The van der Waals surface area contributed by atoms with E-state index in [1.54, 1.807) is 0 Å². The van der Waals surface area contributed by atoms with Crippen LogP contribution in [0.25, 0.3) is 0 Å². The van der Waals surface area contributed by atoms with Gasteiger partial charge in [0.05, 0.1) is 0 Å². The van der Waals surface area contributed by atoms with Gasteiger partial charge in [-0.3, -0.25) is 0 Å². The highest BCUT2D eigenvalue weighted by Crippen LogP contribution is 2.60. The van der Waals surface area contributed by atoms with Gasteiger partial charge in [0.15, 0.2) is 0 Å². The fourth-order valence-electron chi connectivity index (χ4n) is 10.9. The molecule has 0 nitrogen and oxygen atoms in total. The predicted octanol–water partition coefficient (Wildman–Crippen LogP) is 16.0. The van der Waals surface area contributed by atoms with E-state index in [0.29, 0.717) is 32.5 Å². The second kappa shape index (κ2) is 15.1. The maximum absolute atomic E-state index is 2.46. The Morgan fingerprint density at radius 1 is 0.304 bits per heavy atom. The third kappa shape index (κ3) is 9.61. The van der Waals surface area contributed by atoms with Crippen molar-refractivity contribution in [3.05, 3.63) is 0 Å². The maximum Gasteiger partial charge on any atom is -0.0249 e. The van der Waals surface area contributed by atoms with E-state index >= 15 is 0 Å². The van der Waals surface area contributed by atoms with Gasteiger partial charge in [0, 0.05) is 0 Å². The zero-order chi connectivity index (χ0) is 34.7. The molecule has 0 heterocycles. The maximum atomic E-state index is 2.46. The monoisotopic (exact) mass is 641 g/mol. The lowest BCUT2D eigenvalue weighted by Gasteiger charge is -2.54. The molecular weight excluding hydrogens is 553 g/mol. The van der Waals surface area contributed by atoms with Gasteiger partial charge in [0.2, 0.25) is 0 Å². The SMILES string of the molecule is CC(C)(C)C1(C)CCCCC1.CC(C)(C)C1(C)CCCCC1.CC(C)(C)C12CCC(CC1)CC2.CC(C)(C)C12CCC(CC1)CC2. The summed E-state index contributed by atoms with van der Waals surface area (Å²) < 4.78 is 0. The van der Waals surface area contributed by atoms with Gasteiger partial charge < -0.3 is 0 Å². The summed E-state index contributed by atoms with van der Waals surface area (Å²) in [7, 11) is 0. The minimum Gasteiger partial charge on any atom is -0.0597 e. The van der Waals surface area contributed by atoms with Crippen LogP contribution in [0, 0.1) is 55.2 Å². The molecule has 8 saturated carbocycles. The third-order valence-corrected chi connectivity index (χ3v) is 16.9. The molecule has 4 bridgehead atoms. The van der Waals surface area contributed by atoms with Crippen molar-refractivity contribution < 1.29 is 0 Å². The van der Waals surface area contributed by atoms with Gasteiger partial charge in [-0.05, 0) is 158 Å². The lowest BCUT2D eigenvalue weighted by atomic mass is 9.51. The van der Waals surface area contributed by atoms with Crippen LogP contribution in [0.3, 0.4) is 0 Å². The molecule has 272 valence electrons. The molecule has 0 N–H and O–H groups in total. The molecule has 0 unspecified atom stereocenters. The lowest BCUT2D eigenvalue weighted by Crippen LogP contribution is -2.43. The summed E-state index contributed by atoms with van der Waals surface area (Å²) in [5.41, 5.74) is 4.80. The lowest BCUT2D eigenvalue weighted by molar-refractivity contribution is -0.0317. The number of hydrogen-bond donors (Lipinski definition) is 0. The standard InChI is InChI=1S/2C12H22.2C11H22/c2*1-11(2,3)12-7-4-10(5-8-12)6-9-12;2*1-10(2,3)11(4)8-6-5-7-9-11/h2*10H,4-9H2,1-3H3;2*5-9H2,1-4H3. The van der Waals surface area contributed by atoms with Crippen molar-refractivity contribution in [2.75, 3.05) is 0 Å². The van der Waals surface area contributed by atoms with E-state index in [-0.39, 0.29) is 0 Å².